The van der Waals surface area contributed by atoms with Crippen molar-refractivity contribution >= 4 is 11.9 Å². The lowest BCUT2D eigenvalue weighted by Crippen LogP contribution is -2.46. The zero-order chi connectivity index (χ0) is 16.4. The highest BCUT2D eigenvalue weighted by Gasteiger charge is 2.43. The smallest absolute Gasteiger partial charge is 0.328 e. The predicted octanol–water partition coefficient (Wildman–Crippen LogP) is 0.523. The summed E-state index contributed by atoms with van der Waals surface area (Å²) in [6.07, 6.45) is 3.00. The van der Waals surface area contributed by atoms with E-state index in [1.807, 2.05) is 27.0 Å². The van der Waals surface area contributed by atoms with Crippen molar-refractivity contribution in [2.45, 2.75) is 45.4 Å². The highest BCUT2D eigenvalue weighted by Crippen LogP contribution is 2.27. The number of rotatable bonds is 4. The summed E-state index contributed by atoms with van der Waals surface area (Å²) in [5.74, 6) is -0.711. The van der Waals surface area contributed by atoms with Gasteiger partial charge in [-0.05, 0) is 18.4 Å². The average Bonchev–Trinajstić information content (AvgIpc) is 3.04. The Bertz CT molecular complexity index is 555. The number of carbonyl (C=O) groups is 2. The number of aryl methyl sites for hydroxylation is 1. The molecular weight excluding hydrogens is 286 g/mol. The molecule has 0 radical (unpaired) electrons. The lowest BCUT2D eigenvalue weighted by Gasteiger charge is -2.29. The molecule has 0 saturated carbocycles. The molecule has 2 heterocycles. The minimum Gasteiger partial charge on any atom is -0.467 e. The molecule has 1 fully saturated rings. The van der Waals surface area contributed by atoms with Gasteiger partial charge in [0.15, 0.2) is 0 Å². The summed E-state index contributed by atoms with van der Waals surface area (Å²) >= 11 is 0. The van der Waals surface area contributed by atoms with Gasteiger partial charge in [0.2, 0.25) is 5.91 Å². The highest BCUT2D eigenvalue weighted by atomic mass is 16.5. The zero-order valence-corrected chi connectivity index (χ0v) is 13.4. The molecule has 2 rings (SSSR count). The van der Waals surface area contributed by atoms with Crippen LogP contribution in [0.2, 0.25) is 0 Å². The monoisotopic (exact) mass is 309 g/mol. The van der Waals surface area contributed by atoms with E-state index < -0.39 is 24.2 Å². The van der Waals surface area contributed by atoms with Crippen molar-refractivity contribution in [1.82, 2.24) is 14.7 Å². The van der Waals surface area contributed by atoms with Crippen LogP contribution in [-0.4, -0.2) is 57.5 Å². The van der Waals surface area contributed by atoms with E-state index in [0.29, 0.717) is 0 Å². The van der Waals surface area contributed by atoms with E-state index in [-0.39, 0.29) is 24.8 Å². The van der Waals surface area contributed by atoms with Gasteiger partial charge < -0.3 is 14.7 Å². The molecule has 1 aliphatic rings. The fourth-order valence-corrected chi connectivity index (χ4v) is 2.88. The van der Waals surface area contributed by atoms with Crippen molar-refractivity contribution in [3.05, 3.63) is 18.0 Å². The van der Waals surface area contributed by atoms with Gasteiger partial charge in [0.05, 0.1) is 19.4 Å². The van der Waals surface area contributed by atoms with E-state index in [0.717, 1.165) is 5.56 Å². The van der Waals surface area contributed by atoms with E-state index >= 15 is 0 Å². The van der Waals surface area contributed by atoms with Crippen LogP contribution in [0.1, 0.15) is 31.9 Å². The summed E-state index contributed by atoms with van der Waals surface area (Å²) in [5.41, 5.74) is 0.962. The Balaban J connectivity index is 2.28. The average molecular weight is 309 g/mol. The highest BCUT2D eigenvalue weighted by molar-refractivity contribution is 5.87. The maximum atomic E-state index is 12.9. The maximum Gasteiger partial charge on any atom is 0.328 e. The second-order valence-corrected chi connectivity index (χ2v) is 6.11. The van der Waals surface area contributed by atoms with Gasteiger partial charge >= 0.3 is 5.97 Å². The van der Waals surface area contributed by atoms with Crippen LogP contribution >= 0.6 is 0 Å². The largest absolute Gasteiger partial charge is 0.467 e. The number of hydrogen-bond acceptors (Lipinski definition) is 5. The Kier molecular flexibility index (Phi) is 4.85. The van der Waals surface area contributed by atoms with Crippen LogP contribution in [0.3, 0.4) is 0 Å². The maximum absolute atomic E-state index is 12.9. The lowest BCUT2D eigenvalue weighted by atomic mass is 10.0. The Hall–Kier alpha value is -1.89. The van der Waals surface area contributed by atoms with Gasteiger partial charge in [-0.2, -0.15) is 5.10 Å². The van der Waals surface area contributed by atoms with Crippen LogP contribution in [0.5, 0.6) is 0 Å². The van der Waals surface area contributed by atoms with Gasteiger partial charge in [0, 0.05) is 19.2 Å². The Labute approximate surface area is 129 Å². The summed E-state index contributed by atoms with van der Waals surface area (Å²) in [6.45, 7) is 5.91. The van der Waals surface area contributed by atoms with Crippen molar-refractivity contribution in [3.8, 4) is 0 Å². The van der Waals surface area contributed by atoms with Gasteiger partial charge in [0.25, 0.3) is 0 Å². The number of methoxy groups -OCH3 is 1. The third kappa shape index (κ3) is 3.14. The molecule has 1 amide bonds. The molecule has 1 aromatic rings. The van der Waals surface area contributed by atoms with Crippen molar-refractivity contribution < 1.29 is 19.4 Å². The standard InChI is InChI=1S/C15H23N3O4/c1-9(2)13(18-7-10(3)6-16-18)14(20)17-8-11(19)5-12(17)15(21)22-4/h6-7,9,11-13,19H,5,8H2,1-4H3/t11-,12+,13?/m1/s1. The Morgan fingerprint density at radius 1 is 1.45 bits per heavy atom. The molecule has 0 bridgehead atoms. The van der Waals surface area contributed by atoms with E-state index in [1.165, 1.54) is 12.0 Å². The molecular formula is C15H23N3O4. The SMILES string of the molecule is COC(=O)[C@@H]1C[C@@H](O)CN1C(=O)C(C(C)C)n1cc(C)cn1. The number of ether oxygens (including phenoxy) is 1. The van der Waals surface area contributed by atoms with Crippen LogP contribution in [0.4, 0.5) is 0 Å². The fourth-order valence-electron chi connectivity index (χ4n) is 2.88. The van der Waals surface area contributed by atoms with Crippen LogP contribution in [0.25, 0.3) is 0 Å². The first kappa shape index (κ1) is 16.5. The predicted molar refractivity (Wildman–Crippen MR) is 79.0 cm³/mol. The van der Waals surface area contributed by atoms with Crippen molar-refractivity contribution in [2.24, 2.45) is 5.92 Å². The molecule has 1 aromatic heterocycles. The van der Waals surface area contributed by atoms with Crippen molar-refractivity contribution in [1.29, 1.82) is 0 Å². The number of nitrogens with zero attached hydrogens (tertiary/aromatic N) is 3. The Morgan fingerprint density at radius 3 is 2.64 bits per heavy atom. The van der Waals surface area contributed by atoms with Crippen LogP contribution < -0.4 is 0 Å². The molecule has 0 aliphatic carbocycles. The molecule has 3 atom stereocenters. The second-order valence-electron chi connectivity index (χ2n) is 6.11. The number of aliphatic hydroxyl groups excluding tert-OH is 1. The first-order valence-electron chi connectivity index (χ1n) is 7.42. The van der Waals surface area contributed by atoms with Gasteiger partial charge in [-0.25, -0.2) is 4.79 Å². The molecule has 22 heavy (non-hydrogen) atoms. The molecule has 122 valence electrons. The van der Waals surface area contributed by atoms with Gasteiger partial charge in [-0.15, -0.1) is 0 Å². The zero-order valence-electron chi connectivity index (χ0n) is 13.4. The van der Waals surface area contributed by atoms with Gasteiger partial charge in [0.1, 0.15) is 12.1 Å². The summed E-state index contributed by atoms with van der Waals surface area (Å²) in [7, 11) is 1.28. The molecule has 1 unspecified atom stereocenters. The van der Waals surface area contributed by atoms with Gasteiger partial charge in [-0.3, -0.25) is 9.48 Å². The summed E-state index contributed by atoms with van der Waals surface area (Å²) in [4.78, 5) is 26.2. The summed E-state index contributed by atoms with van der Waals surface area (Å²) in [5, 5.41) is 14.1. The third-order valence-corrected chi connectivity index (χ3v) is 3.94. The molecule has 7 heteroatoms. The Morgan fingerprint density at radius 2 is 2.14 bits per heavy atom. The van der Waals surface area contributed by atoms with E-state index in [1.54, 1.807) is 10.9 Å². The first-order chi connectivity index (χ1) is 10.3. The van der Waals surface area contributed by atoms with Crippen molar-refractivity contribution in [3.63, 3.8) is 0 Å². The number of carbonyl (C=O) groups excluding carboxylic acids is 2. The molecule has 0 aromatic carbocycles. The van der Waals surface area contributed by atoms with E-state index in [4.69, 9.17) is 4.74 Å². The van der Waals surface area contributed by atoms with E-state index in [9.17, 15) is 14.7 Å². The molecule has 1 N–H and O–H groups in total. The molecule has 7 nitrogen and oxygen atoms in total. The summed E-state index contributed by atoms with van der Waals surface area (Å²) < 4.78 is 6.37. The number of amides is 1. The summed E-state index contributed by atoms with van der Waals surface area (Å²) in [6, 6.07) is -1.24. The van der Waals surface area contributed by atoms with E-state index in [2.05, 4.69) is 5.10 Å². The number of β-amino-alcohol motifs (C(OH)–C–C–N with tert-alkyl or cyclic N) is 1. The lowest BCUT2D eigenvalue weighted by molar-refractivity contribution is -0.152. The number of hydrogen-bond donors (Lipinski definition) is 1. The molecule has 1 saturated heterocycles. The quantitative estimate of drug-likeness (QED) is 0.820. The van der Waals surface area contributed by atoms with Gasteiger partial charge in [-0.1, -0.05) is 13.8 Å². The van der Waals surface area contributed by atoms with Crippen LogP contribution in [0, 0.1) is 12.8 Å². The third-order valence-electron chi connectivity index (χ3n) is 3.94. The minimum atomic E-state index is -0.731. The fraction of sp³-hybridized carbons (Fsp3) is 0.667. The number of aliphatic hydroxyl groups is 1. The number of esters is 1. The minimum absolute atomic E-state index is 0.00263. The van der Waals surface area contributed by atoms with Crippen LogP contribution in [0.15, 0.2) is 12.4 Å². The second kappa shape index (κ2) is 6.48. The molecule has 0 spiro atoms. The topological polar surface area (TPSA) is 84.7 Å². The number of likely N-dealkylation sites (tertiary alicyclic amines) is 1. The number of aromatic nitrogens is 2. The van der Waals surface area contributed by atoms with Crippen molar-refractivity contribution in [2.75, 3.05) is 13.7 Å². The van der Waals surface area contributed by atoms with Crippen LogP contribution in [-0.2, 0) is 14.3 Å². The normalized spacial score (nSPS) is 22.9. The first-order valence-corrected chi connectivity index (χ1v) is 7.42. The molecule has 1 aliphatic heterocycles.